The second-order valence-electron chi connectivity index (χ2n) is 3.76. The molecule has 2 rings (SSSR count). The number of hydrogen-bond donors (Lipinski definition) is 4. The Bertz CT molecular complexity index is 552. The molecule has 0 spiro atoms. The zero-order valence-electron chi connectivity index (χ0n) is 9.67. The van der Waals surface area contributed by atoms with Gasteiger partial charge in [0, 0.05) is 0 Å². The summed E-state index contributed by atoms with van der Waals surface area (Å²) in [6, 6.07) is 10.3. The van der Waals surface area contributed by atoms with E-state index in [1.165, 1.54) is 0 Å². The van der Waals surface area contributed by atoms with E-state index in [4.69, 9.17) is 22.9 Å². The van der Waals surface area contributed by atoms with Crippen LogP contribution in [0.5, 0.6) is 0 Å². The molecule has 0 aliphatic rings. The van der Waals surface area contributed by atoms with Crippen molar-refractivity contribution >= 4 is 34.1 Å². The molecule has 0 amide bonds. The molecule has 0 unspecified atom stereocenters. The fraction of sp³-hybridized carbons (Fsp3) is 0. The van der Waals surface area contributed by atoms with Crippen LogP contribution in [-0.2, 0) is 0 Å². The molecule has 0 bridgehead atoms. The number of nitrogens with two attached hydrogens (primary N) is 4. The number of para-hydroxylation sites is 2. The Balaban J connectivity index is 2.36. The quantitative estimate of drug-likeness (QED) is 0.476. The first-order valence-electron chi connectivity index (χ1n) is 5.29. The SMILES string of the molecule is Nc1cccc(N=Nc2cccc(N)c2N)c1N. The van der Waals surface area contributed by atoms with Gasteiger partial charge in [-0.2, -0.15) is 0 Å². The van der Waals surface area contributed by atoms with Crippen LogP contribution in [0.2, 0.25) is 0 Å². The summed E-state index contributed by atoms with van der Waals surface area (Å²) in [5, 5.41) is 8.05. The zero-order valence-corrected chi connectivity index (χ0v) is 9.67. The predicted octanol–water partition coefficient (Wildman–Crippen LogP) is 2.43. The first kappa shape index (κ1) is 11.7. The van der Waals surface area contributed by atoms with Crippen molar-refractivity contribution in [3.63, 3.8) is 0 Å². The molecule has 0 atom stereocenters. The van der Waals surface area contributed by atoms with E-state index in [1.807, 2.05) is 0 Å². The highest BCUT2D eigenvalue weighted by Crippen LogP contribution is 2.32. The Labute approximate surface area is 104 Å². The van der Waals surface area contributed by atoms with Gasteiger partial charge in [-0.1, -0.05) is 12.1 Å². The maximum Gasteiger partial charge on any atom is 0.111 e. The Hall–Kier alpha value is -2.76. The van der Waals surface area contributed by atoms with Crippen LogP contribution >= 0.6 is 0 Å². The standard InChI is InChI=1S/C12H14N6/c13-7-3-1-5-9(11(7)15)17-18-10-6-2-4-8(14)12(10)16/h1-6H,13-16H2. The van der Waals surface area contributed by atoms with E-state index < -0.39 is 0 Å². The summed E-state index contributed by atoms with van der Waals surface area (Å²) in [6.07, 6.45) is 0. The molecule has 18 heavy (non-hydrogen) atoms. The van der Waals surface area contributed by atoms with E-state index in [-0.39, 0.29) is 0 Å². The lowest BCUT2D eigenvalue weighted by atomic mass is 10.2. The molecule has 6 heteroatoms. The molecule has 0 aliphatic heterocycles. The van der Waals surface area contributed by atoms with Gasteiger partial charge in [-0.05, 0) is 24.3 Å². The number of nitrogens with zero attached hydrogens (tertiary/aromatic N) is 2. The largest absolute Gasteiger partial charge is 0.397 e. The Morgan fingerprint density at radius 3 is 1.39 bits per heavy atom. The average molecular weight is 242 g/mol. The average Bonchev–Trinajstić information content (AvgIpc) is 2.36. The summed E-state index contributed by atoms with van der Waals surface area (Å²) in [5.74, 6) is 0. The molecule has 92 valence electrons. The van der Waals surface area contributed by atoms with Crippen molar-refractivity contribution in [1.82, 2.24) is 0 Å². The van der Waals surface area contributed by atoms with Crippen LogP contribution in [0.3, 0.4) is 0 Å². The van der Waals surface area contributed by atoms with Gasteiger partial charge in [-0.15, -0.1) is 10.2 Å². The van der Waals surface area contributed by atoms with Gasteiger partial charge in [0.1, 0.15) is 11.4 Å². The van der Waals surface area contributed by atoms with Gasteiger partial charge in [0.2, 0.25) is 0 Å². The van der Waals surface area contributed by atoms with Crippen LogP contribution in [0.1, 0.15) is 0 Å². The van der Waals surface area contributed by atoms with Crippen LogP contribution < -0.4 is 22.9 Å². The zero-order chi connectivity index (χ0) is 13.1. The third-order valence-corrected chi connectivity index (χ3v) is 2.50. The molecular weight excluding hydrogens is 228 g/mol. The van der Waals surface area contributed by atoms with Crippen LogP contribution in [0, 0.1) is 0 Å². The second-order valence-corrected chi connectivity index (χ2v) is 3.76. The lowest BCUT2D eigenvalue weighted by Crippen LogP contribution is -1.94. The van der Waals surface area contributed by atoms with Crippen molar-refractivity contribution < 1.29 is 0 Å². The first-order chi connectivity index (χ1) is 8.59. The molecule has 0 saturated heterocycles. The van der Waals surface area contributed by atoms with E-state index in [0.717, 1.165) is 0 Å². The normalized spacial score (nSPS) is 10.9. The number of azo groups is 1. The number of hydrogen-bond acceptors (Lipinski definition) is 6. The molecule has 0 aliphatic carbocycles. The third-order valence-electron chi connectivity index (χ3n) is 2.50. The van der Waals surface area contributed by atoms with Gasteiger partial charge < -0.3 is 22.9 Å². The topological polar surface area (TPSA) is 129 Å². The smallest absolute Gasteiger partial charge is 0.111 e. The maximum atomic E-state index is 5.78. The minimum absolute atomic E-state index is 0.392. The lowest BCUT2D eigenvalue weighted by Gasteiger charge is -2.04. The number of anilines is 4. The molecule has 6 nitrogen and oxygen atoms in total. The van der Waals surface area contributed by atoms with Crippen LogP contribution in [0.15, 0.2) is 46.6 Å². The molecule has 8 N–H and O–H groups in total. The minimum atomic E-state index is 0.392. The minimum Gasteiger partial charge on any atom is -0.397 e. The Morgan fingerprint density at radius 2 is 1.00 bits per heavy atom. The summed E-state index contributed by atoms with van der Waals surface area (Å²) < 4.78 is 0. The van der Waals surface area contributed by atoms with Crippen LogP contribution in [-0.4, -0.2) is 0 Å². The third kappa shape index (κ3) is 2.17. The van der Waals surface area contributed by atoms with Gasteiger partial charge in [0.15, 0.2) is 0 Å². The maximum absolute atomic E-state index is 5.78. The summed E-state index contributed by atoms with van der Waals surface area (Å²) in [6.45, 7) is 0. The van der Waals surface area contributed by atoms with Crippen molar-refractivity contribution in [2.24, 2.45) is 10.2 Å². The molecule has 0 aromatic heterocycles. The van der Waals surface area contributed by atoms with Crippen molar-refractivity contribution in [2.45, 2.75) is 0 Å². The van der Waals surface area contributed by atoms with Gasteiger partial charge in [0.25, 0.3) is 0 Å². The fourth-order valence-electron chi connectivity index (χ4n) is 1.42. The molecule has 0 heterocycles. The van der Waals surface area contributed by atoms with Crippen molar-refractivity contribution in [3.05, 3.63) is 36.4 Å². The van der Waals surface area contributed by atoms with Crippen LogP contribution in [0.4, 0.5) is 34.1 Å². The molecule has 0 radical (unpaired) electrons. The summed E-state index contributed by atoms with van der Waals surface area (Å²) in [4.78, 5) is 0. The molecule has 2 aromatic rings. The van der Waals surface area contributed by atoms with Gasteiger partial charge >= 0.3 is 0 Å². The summed E-state index contributed by atoms with van der Waals surface area (Å²) >= 11 is 0. The van der Waals surface area contributed by atoms with Crippen molar-refractivity contribution in [2.75, 3.05) is 22.9 Å². The van der Waals surface area contributed by atoms with E-state index in [2.05, 4.69) is 10.2 Å². The predicted molar refractivity (Wildman–Crippen MR) is 74.7 cm³/mol. The van der Waals surface area contributed by atoms with Gasteiger partial charge in [-0.25, -0.2) is 0 Å². The van der Waals surface area contributed by atoms with E-state index in [1.54, 1.807) is 36.4 Å². The first-order valence-corrected chi connectivity index (χ1v) is 5.29. The van der Waals surface area contributed by atoms with Crippen LogP contribution in [0.25, 0.3) is 0 Å². The monoisotopic (exact) mass is 242 g/mol. The van der Waals surface area contributed by atoms with E-state index >= 15 is 0 Å². The Kier molecular flexibility index (Phi) is 3.01. The fourth-order valence-corrected chi connectivity index (χ4v) is 1.42. The summed E-state index contributed by atoms with van der Waals surface area (Å²) in [7, 11) is 0. The highest BCUT2D eigenvalue weighted by Gasteiger charge is 2.03. The van der Waals surface area contributed by atoms with Gasteiger partial charge in [-0.3, -0.25) is 0 Å². The molecular formula is C12H14N6. The number of nitrogen functional groups attached to an aromatic ring is 4. The number of rotatable bonds is 2. The van der Waals surface area contributed by atoms with E-state index in [9.17, 15) is 0 Å². The highest BCUT2D eigenvalue weighted by molar-refractivity contribution is 5.78. The molecule has 2 aromatic carbocycles. The van der Waals surface area contributed by atoms with Gasteiger partial charge in [0.05, 0.1) is 22.7 Å². The molecule has 0 fully saturated rings. The highest BCUT2D eigenvalue weighted by atomic mass is 15.1. The van der Waals surface area contributed by atoms with Crippen molar-refractivity contribution in [1.29, 1.82) is 0 Å². The Morgan fingerprint density at radius 1 is 0.611 bits per heavy atom. The lowest BCUT2D eigenvalue weighted by molar-refractivity contribution is 1.24. The molecule has 0 saturated carbocycles. The van der Waals surface area contributed by atoms with E-state index in [0.29, 0.717) is 34.1 Å². The summed E-state index contributed by atoms with van der Waals surface area (Å²) in [5.41, 5.74) is 25.6. The second kappa shape index (κ2) is 4.62. The van der Waals surface area contributed by atoms with Crippen molar-refractivity contribution in [3.8, 4) is 0 Å². The number of benzene rings is 2.